The van der Waals surface area contributed by atoms with E-state index < -0.39 is 0 Å². The Morgan fingerprint density at radius 2 is 1.90 bits per heavy atom. The van der Waals surface area contributed by atoms with Gasteiger partial charge in [-0.3, -0.25) is 0 Å². The quantitative estimate of drug-likeness (QED) is 0.905. The van der Waals surface area contributed by atoms with E-state index in [4.69, 9.17) is 4.74 Å². The van der Waals surface area contributed by atoms with Gasteiger partial charge in [-0.1, -0.05) is 32.9 Å². The standard InChI is InChI=1S/C16H20N2O2/c1-4-12-5-7-13(8-6-12)20-15-9-17-16(11(2)3)18-14(15)10-19/h5-9,11,19H,4,10H2,1-3H3. The van der Waals surface area contributed by atoms with Crippen LogP contribution >= 0.6 is 0 Å². The van der Waals surface area contributed by atoms with Crippen molar-refractivity contribution in [3.05, 3.63) is 47.5 Å². The van der Waals surface area contributed by atoms with Gasteiger partial charge in [-0.15, -0.1) is 0 Å². The molecule has 1 N–H and O–H groups in total. The summed E-state index contributed by atoms with van der Waals surface area (Å²) >= 11 is 0. The Balaban J connectivity index is 2.23. The van der Waals surface area contributed by atoms with Gasteiger partial charge in [0, 0.05) is 5.92 Å². The molecular weight excluding hydrogens is 252 g/mol. The fourth-order valence-corrected chi connectivity index (χ4v) is 1.82. The van der Waals surface area contributed by atoms with E-state index in [0.29, 0.717) is 17.3 Å². The van der Waals surface area contributed by atoms with E-state index in [1.165, 1.54) is 5.56 Å². The van der Waals surface area contributed by atoms with E-state index >= 15 is 0 Å². The van der Waals surface area contributed by atoms with Gasteiger partial charge in [0.1, 0.15) is 17.3 Å². The first-order valence-electron chi connectivity index (χ1n) is 6.87. The molecule has 0 aliphatic carbocycles. The third-order valence-electron chi connectivity index (χ3n) is 3.07. The number of nitrogens with zero attached hydrogens (tertiary/aromatic N) is 2. The summed E-state index contributed by atoms with van der Waals surface area (Å²) in [5.74, 6) is 2.15. The molecule has 1 aromatic carbocycles. The summed E-state index contributed by atoms with van der Waals surface area (Å²) in [4.78, 5) is 8.60. The Kier molecular flexibility index (Phi) is 4.69. The van der Waals surface area contributed by atoms with Crippen LogP contribution in [0.1, 0.15) is 43.8 Å². The number of aryl methyl sites for hydroxylation is 1. The van der Waals surface area contributed by atoms with Crippen LogP contribution in [-0.4, -0.2) is 15.1 Å². The number of aromatic nitrogens is 2. The maximum absolute atomic E-state index is 9.41. The van der Waals surface area contributed by atoms with Crippen LogP contribution in [0.5, 0.6) is 11.5 Å². The van der Waals surface area contributed by atoms with Gasteiger partial charge in [0.2, 0.25) is 0 Å². The second-order valence-electron chi connectivity index (χ2n) is 4.95. The number of hydrogen-bond acceptors (Lipinski definition) is 4. The smallest absolute Gasteiger partial charge is 0.169 e. The molecular formula is C16H20N2O2. The lowest BCUT2D eigenvalue weighted by Gasteiger charge is -2.11. The molecule has 0 fully saturated rings. The fourth-order valence-electron chi connectivity index (χ4n) is 1.82. The zero-order chi connectivity index (χ0) is 14.5. The minimum atomic E-state index is -0.162. The van der Waals surface area contributed by atoms with Crippen molar-refractivity contribution in [2.45, 2.75) is 39.7 Å². The van der Waals surface area contributed by atoms with E-state index in [0.717, 1.165) is 12.2 Å². The molecule has 0 saturated heterocycles. The van der Waals surface area contributed by atoms with Crippen molar-refractivity contribution >= 4 is 0 Å². The maximum atomic E-state index is 9.41. The van der Waals surface area contributed by atoms with Gasteiger partial charge < -0.3 is 9.84 Å². The monoisotopic (exact) mass is 272 g/mol. The second-order valence-corrected chi connectivity index (χ2v) is 4.95. The van der Waals surface area contributed by atoms with Gasteiger partial charge in [0.15, 0.2) is 5.75 Å². The normalized spacial score (nSPS) is 10.8. The van der Waals surface area contributed by atoms with Crippen LogP contribution in [0.2, 0.25) is 0 Å². The summed E-state index contributed by atoms with van der Waals surface area (Å²) in [5.41, 5.74) is 1.77. The maximum Gasteiger partial charge on any atom is 0.169 e. The third kappa shape index (κ3) is 3.33. The van der Waals surface area contributed by atoms with Gasteiger partial charge >= 0.3 is 0 Å². The lowest BCUT2D eigenvalue weighted by atomic mass is 10.2. The van der Waals surface area contributed by atoms with Crippen molar-refractivity contribution in [1.82, 2.24) is 9.97 Å². The van der Waals surface area contributed by atoms with Crippen molar-refractivity contribution in [2.75, 3.05) is 0 Å². The van der Waals surface area contributed by atoms with Gasteiger partial charge in [-0.25, -0.2) is 9.97 Å². The number of ether oxygens (including phenoxy) is 1. The van der Waals surface area contributed by atoms with E-state index in [-0.39, 0.29) is 12.5 Å². The van der Waals surface area contributed by atoms with Crippen LogP contribution in [0.3, 0.4) is 0 Å². The predicted octanol–water partition coefficient (Wildman–Crippen LogP) is 3.45. The van der Waals surface area contributed by atoms with Crippen molar-refractivity contribution < 1.29 is 9.84 Å². The first kappa shape index (κ1) is 14.5. The number of rotatable bonds is 5. The van der Waals surface area contributed by atoms with Gasteiger partial charge in [0.25, 0.3) is 0 Å². The molecule has 2 aromatic rings. The predicted molar refractivity (Wildman–Crippen MR) is 77.9 cm³/mol. The van der Waals surface area contributed by atoms with E-state index in [9.17, 15) is 5.11 Å². The summed E-state index contributed by atoms with van der Waals surface area (Å²) in [5, 5.41) is 9.41. The van der Waals surface area contributed by atoms with Crippen LogP contribution in [0, 0.1) is 0 Å². The molecule has 2 rings (SSSR count). The molecule has 4 heteroatoms. The highest BCUT2D eigenvalue weighted by Gasteiger charge is 2.11. The summed E-state index contributed by atoms with van der Waals surface area (Å²) in [6, 6.07) is 7.88. The Morgan fingerprint density at radius 1 is 1.20 bits per heavy atom. The lowest BCUT2D eigenvalue weighted by molar-refractivity contribution is 0.270. The Hall–Kier alpha value is -1.94. The van der Waals surface area contributed by atoms with Crippen LogP contribution < -0.4 is 4.74 Å². The molecule has 0 bridgehead atoms. The summed E-state index contributed by atoms with van der Waals surface area (Å²) in [7, 11) is 0. The summed E-state index contributed by atoms with van der Waals surface area (Å²) in [6.07, 6.45) is 2.62. The molecule has 0 spiro atoms. The van der Waals surface area contributed by atoms with Gasteiger partial charge in [-0.2, -0.15) is 0 Å². The van der Waals surface area contributed by atoms with Gasteiger partial charge in [-0.05, 0) is 24.1 Å². The van der Waals surface area contributed by atoms with Crippen molar-refractivity contribution in [1.29, 1.82) is 0 Å². The van der Waals surface area contributed by atoms with E-state index in [2.05, 4.69) is 16.9 Å². The average Bonchev–Trinajstić information content (AvgIpc) is 2.48. The second kappa shape index (κ2) is 6.48. The topological polar surface area (TPSA) is 55.2 Å². The van der Waals surface area contributed by atoms with Crippen LogP contribution in [0.4, 0.5) is 0 Å². The third-order valence-corrected chi connectivity index (χ3v) is 3.07. The molecule has 1 heterocycles. The highest BCUT2D eigenvalue weighted by atomic mass is 16.5. The Morgan fingerprint density at radius 3 is 2.45 bits per heavy atom. The molecule has 0 saturated carbocycles. The average molecular weight is 272 g/mol. The summed E-state index contributed by atoms with van der Waals surface area (Å²) in [6.45, 7) is 5.98. The molecule has 0 aliphatic heterocycles. The number of aliphatic hydroxyl groups is 1. The molecule has 20 heavy (non-hydrogen) atoms. The SMILES string of the molecule is CCc1ccc(Oc2cnc(C(C)C)nc2CO)cc1. The first-order chi connectivity index (χ1) is 9.63. The number of aliphatic hydroxyl groups excluding tert-OH is 1. The number of benzene rings is 1. The molecule has 0 unspecified atom stereocenters. The molecule has 1 aromatic heterocycles. The van der Waals surface area contributed by atoms with Crippen LogP contribution in [0.15, 0.2) is 30.5 Å². The zero-order valence-corrected chi connectivity index (χ0v) is 12.1. The summed E-state index contributed by atoms with van der Waals surface area (Å²) < 4.78 is 5.75. The Labute approximate surface area is 119 Å². The molecule has 0 radical (unpaired) electrons. The first-order valence-corrected chi connectivity index (χ1v) is 6.87. The molecule has 0 atom stereocenters. The van der Waals surface area contributed by atoms with Crippen LogP contribution in [-0.2, 0) is 13.0 Å². The largest absolute Gasteiger partial charge is 0.454 e. The zero-order valence-electron chi connectivity index (χ0n) is 12.1. The Bertz CT molecular complexity index is 565. The van der Waals surface area contributed by atoms with Crippen molar-refractivity contribution in [3.8, 4) is 11.5 Å². The molecule has 4 nitrogen and oxygen atoms in total. The highest BCUT2D eigenvalue weighted by molar-refractivity contribution is 5.34. The van der Waals surface area contributed by atoms with Gasteiger partial charge in [0.05, 0.1) is 12.8 Å². The minimum absolute atomic E-state index is 0.162. The van der Waals surface area contributed by atoms with Crippen molar-refractivity contribution in [3.63, 3.8) is 0 Å². The molecule has 0 amide bonds. The molecule has 106 valence electrons. The molecule has 0 aliphatic rings. The minimum Gasteiger partial charge on any atom is -0.454 e. The van der Waals surface area contributed by atoms with Crippen LogP contribution in [0.25, 0.3) is 0 Å². The lowest BCUT2D eigenvalue weighted by Crippen LogP contribution is -2.03. The fraction of sp³-hybridized carbons (Fsp3) is 0.375. The van der Waals surface area contributed by atoms with Crippen molar-refractivity contribution in [2.24, 2.45) is 0 Å². The number of hydrogen-bond donors (Lipinski definition) is 1. The van der Waals surface area contributed by atoms with E-state index in [1.807, 2.05) is 38.1 Å². The highest BCUT2D eigenvalue weighted by Crippen LogP contribution is 2.25. The van der Waals surface area contributed by atoms with E-state index in [1.54, 1.807) is 6.20 Å².